The maximum Gasteiger partial charge on any atom is 0.149 e. The highest BCUT2D eigenvalue weighted by molar-refractivity contribution is 7.99. The van der Waals surface area contributed by atoms with Gasteiger partial charge in [-0.05, 0) is 36.4 Å². The Hall–Kier alpha value is -2.12. The summed E-state index contributed by atoms with van der Waals surface area (Å²) < 4.78 is 10.6. The molecule has 1 aromatic heterocycles. The maximum atomic E-state index is 5.50. The van der Waals surface area contributed by atoms with Gasteiger partial charge in [-0.3, -0.25) is 0 Å². The third-order valence-electron chi connectivity index (χ3n) is 2.43. The molecule has 1 heterocycles. The van der Waals surface area contributed by atoms with Crippen molar-refractivity contribution < 1.29 is 9.47 Å². The molecule has 0 aliphatic rings. The zero-order valence-corrected chi connectivity index (χ0v) is 12.0. The Labute approximate surface area is 123 Å². The standard InChI is InChI=1S/C16H15NO2S/c1-18-14-7-9-15(10-8-14)19-12-4-5-13-20-16-6-2-3-11-17-16/h2-3,6-11H,12-13H2,1H3. The normalized spacial score (nSPS) is 9.45. The van der Waals surface area contributed by atoms with Gasteiger partial charge in [-0.25, -0.2) is 4.98 Å². The lowest BCUT2D eigenvalue weighted by molar-refractivity contribution is 0.368. The molecule has 2 aromatic rings. The molecule has 4 heteroatoms. The summed E-state index contributed by atoms with van der Waals surface area (Å²) in [4.78, 5) is 4.21. The van der Waals surface area contributed by atoms with Crippen LogP contribution in [0.1, 0.15) is 0 Å². The van der Waals surface area contributed by atoms with Crippen molar-refractivity contribution in [2.45, 2.75) is 5.03 Å². The highest BCUT2D eigenvalue weighted by atomic mass is 32.2. The molecule has 0 unspecified atom stereocenters. The summed E-state index contributed by atoms with van der Waals surface area (Å²) in [6.07, 6.45) is 1.78. The van der Waals surface area contributed by atoms with Crippen molar-refractivity contribution in [3.63, 3.8) is 0 Å². The highest BCUT2D eigenvalue weighted by Gasteiger charge is 1.93. The van der Waals surface area contributed by atoms with E-state index in [0.29, 0.717) is 12.4 Å². The molecule has 102 valence electrons. The second kappa shape index (κ2) is 8.13. The fraction of sp³-hybridized carbons (Fsp3) is 0.188. The van der Waals surface area contributed by atoms with E-state index < -0.39 is 0 Å². The maximum absolute atomic E-state index is 5.50. The number of nitrogens with zero attached hydrogens (tertiary/aromatic N) is 1. The Morgan fingerprint density at radius 1 is 1.05 bits per heavy atom. The topological polar surface area (TPSA) is 31.4 Å². The van der Waals surface area contributed by atoms with E-state index in [0.717, 1.165) is 16.5 Å². The van der Waals surface area contributed by atoms with Crippen molar-refractivity contribution in [1.82, 2.24) is 4.98 Å². The van der Waals surface area contributed by atoms with Gasteiger partial charge in [0.15, 0.2) is 0 Å². The smallest absolute Gasteiger partial charge is 0.149 e. The molecule has 0 spiro atoms. The van der Waals surface area contributed by atoms with Crippen molar-refractivity contribution in [2.75, 3.05) is 19.5 Å². The SMILES string of the molecule is COc1ccc(OCC#CCSc2ccccn2)cc1. The summed E-state index contributed by atoms with van der Waals surface area (Å²) in [7, 11) is 1.64. The largest absolute Gasteiger partial charge is 0.497 e. The van der Waals surface area contributed by atoms with E-state index in [2.05, 4.69) is 16.8 Å². The first kappa shape index (κ1) is 14.3. The third kappa shape index (κ3) is 4.87. The van der Waals surface area contributed by atoms with Gasteiger partial charge in [0, 0.05) is 6.20 Å². The Morgan fingerprint density at radius 3 is 2.55 bits per heavy atom. The second-order valence-corrected chi connectivity index (χ2v) is 4.77. The summed E-state index contributed by atoms with van der Waals surface area (Å²) in [6, 6.07) is 13.3. The number of ether oxygens (including phenoxy) is 2. The number of rotatable bonds is 5. The van der Waals surface area contributed by atoms with Gasteiger partial charge >= 0.3 is 0 Å². The van der Waals surface area contributed by atoms with Gasteiger partial charge in [0.2, 0.25) is 0 Å². The van der Waals surface area contributed by atoms with Crippen LogP contribution in [0.2, 0.25) is 0 Å². The van der Waals surface area contributed by atoms with E-state index in [1.807, 2.05) is 42.5 Å². The molecule has 0 aliphatic heterocycles. The van der Waals surface area contributed by atoms with Crippen LogP contribution in [-0.4, -0.2) is 24.5 Å². The average Bonchev–Trinajstić information content (AvgIpc) is 2.52. The lowest BCUT2D eigenvalue weighted by Gasteiger charge is -2.03. The molecule has 2 rings (SSSR count). The van der Waals surface area contributed by atoms with Crippen molar-refractivity contribution >= 4 is 11.8 Å². The quantitative estimate of drug-likeness (QED) is 0.623. The Balaban J connectivity index is 1.69. The van der Waals surface area contributed by atoms with E-state index in [-0.39, 0.29) is 0 Å². The van der Waals surface area contributed by atoms with Gasteiger partial charge in [0.05, 0.1) is 17.9 Å². The molecule has 0 saturated heterocycles. The van der Waals surface area contributed by atoms with Gasteiger partial charge in [-0.2, -0.15) is 0 Å². The van der Waals surface area contributed by atoms with Crippen molar-refractivity contribution in [1.29, 1.82) is 0 Å². The van der Waals surface area contributed by atoms with Crippen LogP contribution in [0.15, 0.2) is 53.7 Å². The van der Waals surface area contributed by atoms with Gasteiger partial charge in [0.25, 0.3) is 0 Å². The monoisotopic (exact) mass is 285 g/mol. The summed E-state index contributed by atoms with van der Waals surface area (Å²) in [5.41, 5.74) is 0. The molecule has 0 radical (unpaired) electrons. The highest BCUT2D eigenvalue weighted by Crippen LogP contribution is 2.16. The first-order valence-corrected chi connectivity index (χ1v) is 7.13. The molecule has 0 atom stereocenters. The van der Waals surface area contributed by atoms with Crippen molar-refractivity contribution in [3.8, 4) is 23.3 Å². The second-order valence-electron chi connectivity index (χ2n) is 3.77. The molecule has 3 nitrogen and oxygen atoms in total. The van der Waals surface area contributed by atoms with Crippen LogP contribution in [-0.2, 0) is 0 Å². The minimum atomic E-state index is 0.384. The van der Waals surface area contributed by atoms with Crippen LogP contribution in [0.5, 0.6) is 11.5 Å². The number of aromatic nitrogens is 1. The summed E-state index contributed by atoms with van der Waals surface area (Å²) in [5, 5.41) is 0.984. The van der Waals surface area contributed by atoms with Crippen LogP contribution >= 0.6 is 11.8 Å². The van der Waals surface area contributed by atoms with E-state index in [4.69, 9.17) is 9.47 Å². The first-order chi connectivity index (χ1) is 9.88. The van der Waals surface area contributed by atoms with Gasteiger partial charge in [0.1, 0.15) is 18.1 Å². The van der Waals surface area contributed by atoms with Gasteiger partial charge in [-0.1, -0.05) is 29.7 Å². The fourth-order valence-electron chi connectivity index (χ4n) is 1.44. The zero-order chi connectivity index (χ0) is 14.0. The summed E-state index contributed by atoms with van der Waals surface area (Å²) >= 11 is 1.61. The molecular weight excluding hydrogens is 270 g/mol. The van der Waals surface area contributed by atoms with E-state index in [9.17, 15) is 0 Å². The minimum absolute atomic E-state index is 0.384. The number of methoxy groups -OCH3 is 1. The molecule has 0 saturated carbocycles. The molecule has 0 bridgehead atoms. The molecular formula is C16H15NO2S. The molecule has 0 fully saturated rings. The predicted octanol–water partition coefficient (Wildman–Crippen LogP) is 3.26. The zero-order valence-electron chi connectivity index (χ0n) is 11.2. The lowest BCUT2D eigenvalue weighted by atomic mass is 10.3. The van der Waals surface area contributed by atoms with Crippen molar-refractivity contribution in [3.05, 3.63) is 48.7 Å². The predicted molar refractivity (Wildman–Crippen MR) is 81.2 cm³/mol. The summed E-state index contributed by atoms with van der Waals surface area (Å²) in [6.45, 7) is 0.384. The number of hydrogen-bond acceptors (Lipinski definition) is 4. The molecule has 1 aromatic carbocycles. The minimum Gasteiger partial charge on any atom is -0.497 e. The average molecular weight is 285 g/mol. The first-order valence-electron chi connectivity index (χ1n) is 6.15. The number of hydrogen-bond donors (Lipinski definition) is 0. The van der Waals surface area contributed by atoms with Gasteiger partial charge in [-0.15, -0.1) is 0 Å². The Bertz CT molecular complexity index is 573. The third-order valence-corrected chi connectivity index (χ3v) is 3.25. The van der Waals surface area contributed by atoms with Crippen LogP contribution in [0.4, 0.5) is 0 Å². The molecule has 0 aliphatic carbocycles. The fourth-order valence-corrected chi connectivity index (χ4v) is 2.07. The van der Waals surface area contributed by atoms with Crippen molar-refractivity contribution in [2.24, 2.45) is 0 Å². The van der Waals surface area contributed by atoms with E-state index >= 15 is 0 Å². The van der Waals surface area contributed by atoms with E-state index in [1.54, 1.807) is 25.1 Å². The van der Waals surface area contributed by atoms with Crippen LogP contribution in [0.25, 0.3) is 0 Å². The number of thioether (sulfide) groups is 1. The number of benzene rings is 1. The van der Waals surface area contributed by atoms with E-state index in [1.165, 1.54) is 0 Å². The number of pyridine rings is 1. The lowest BCUT2D eigenvalue weighted by Crippen LogP contribution is -1.94. The summed E-state index contributed by atoms with van der Waals surface area (Å²) in [5.74, 6) is 8.35. The molecule has 0 N–H and O–H groups in total. The molecule has 20 heavy (non-hydrogen) atoms. The van der Waals surface area contributed by atoms with Crippen LogP contribution in [0.3, 0.4) is 0 Å². The van der Waals surface area contributed by atoms with Crippen LogP contribution in [0, 0.1) is 11.8 Å². The Morgan fingerprint density at radius 2 is 1.85 bits per heavy atom. The molecule has 0 amide bonds. The Kier molecular flexibility index (Phi) is 5.81. The van der Waals surface area contributed by atoms with Crippen LogP contribution < -0.4 is 9.47 Å². The van der Waals surface area contributed by atoms with Gasteiger partial charge < -0.3 is 9.47 Å².